The van der Waals surface area contributed by atoms with Gasteiger partial charge in [0.2, 0.25) is 0 Å². The van der Waals surface area contributed by atoms with Crippen molar-refractivity contribution in [1.82, 2.24) is 5.32 Å². The summed E-state index contributed by atoms with van der Waals surface area (Å²) in [5.41, 5.74) is 5.47. The predicted molar refractivity (Wildman–Crippen MR) is 128 cm³/mol. The first-order chi connectivity index (χ1) is 15.7. The summed E-state index contributed by atoms with van der Waals surface area (Å²) in [6, 6.07) is 12.6. The van der Waals surface area contributed by atoms with Crippen molar-refractivity contribution in [2.75, 3.05) is 26.9 Å². The molecule has 6 nitrogen and oxygen atoms in total. The molecule has 0 aliphatic heterocycles. The number of nitrogens with one attached hydrogen (secondary N) is 1. The van der Waals surface area contributed by atoms with Crippen LogP contribution in [0.15, 0.2) is 36.4 Å². The molecule has 3 rings (SSSR count). The zero-order valence-electron chi connectivity index (χ0n) is 19.0. The predicted octanol–water partition coefficient (Wildman–Crippen LogP) is 4.85. The van der Waals surface area contributed by atoms with Crippen LogP contribution >= 0.6 is 8.25 Å². The number of hydrogen-bond acceptors (Lipinski definition) is 5. The fraction of sp³-hybridized carbons (Fsp3) is 0.520. The molecule has 2 aromatic rings. The lowest BCUT2D eigenvalue weighted by molar-refractivity contribution is 0.276. The lowest BCUT2D eigenvalue weighted by atomic mass is 10.0. The highest BCUT2D eigenvalue weighted by Crippen LogP contribution is 2.33. The molecule has 0 spiro atoms. The van der Waals surface area contributed by atoms with Gasteiger partial charge in [-0.05, 0) is 98.4 Å². The molecule has 1 atom stereocenters. The van der Waals surface area contributed by atoms with Crippen LogP contribution in [0.1, 0.15) is 54.4 Å². The first-order valence-electron chi connectivity index (χ1n) is 11.6. The van der Waals surface area contributed by atoms with Gasteiger partial charge >= 0.3 is 8.25 Å². The Morgan fingerprint density at radius 2 is 1.91 bits per heavy atom. The van der Waals surface area contributed by atoms with Gasteiger partial charge in [-0.2, -0.15) is 0 Å². The van der Waals surface area contributed by atoms with E-state index in [0.29, 0.717) is 6.61 Å². The smallest absolute Gasteiger partial charge is 0.316 e. The van der Waals surface area contributed by atoms with Gasteiger partial charge < -0.3 is 24.2 Å². The molecule has 0 saturated heterocycles. The Kier molecular flexibility index (Phi) is 10.6. The van der Waals surface area contributed by atoms with Gasteiger partial charge in [0.25, 0.3) is 0 Å². The lowest BCUT2D eigenvalue weighted by Crippen LogP contribution is -2.17. The van der Waals surface area contributed by atoms with Crippen LogP contribution in [0.3, 0.4) is 0 Å². The van der Waals surface area contributed by atoms with E-state index in [1.807, 2.05) is 12.1 Å². The van der Waals surface area contributed by atoms with Gasteiger partial charge in [-0.15, -0.1) is 0 Å². The van der Waals surface area contributed by atoms with E-state index < -0.39 is 8.25 Å². The molecule has 0 fully saturated rings. The van der Waals surface area contributed by atoms with Crippen LogP contribution in [0.5, 0.6) is 11.5 Å². The topological polar surface area (TPSA) is 77.0 Å². The quantitative estimate of drug-likeness (QED) is 0.292. The molecule has 0 heterocycles. The van der Waals surface area contributed by atoms with Crippen molar-refractivity contribution in [1.29, 1.82) is 0 Å². The number of methoxy groups -OCH3 is 1. The summed E-state index contributed by atoms with van der Waals surface area (Å²) >= 11 is 0. The van der Waals surface area contributed by atoms with Crippen LogP contribution in [-0.4, -0.2) is 31.8 Å². The molecule has 0 amide bonds. The van der Waals surface area contributed by atoms with Crippen LogP contribution in [0.2, 0.25) is 0 Å². The van der Waals surface area contributed by atoms with Crippen molar-refractivity contribution in [2.45, 2.75) is 57.9 Å². The molecule has 0 aromatic heterocycles. The number of rotatable bonds is 15. The van der Waals surface area contributed by atoms with Crippen molar-refractivity contribution in [3.63, 3.8) is 0 Å². The largest absolute Gasteiger partial charge is 0.497 e. The second kappa shape index (κ2) is 13.6. The highest BCUT2D eigenvalue weighted by molar-refractivity contribution is 7.32. The number of benzene rings is 2. The molecule has 0 radical (unpaired) electrons. The van der Waals surface area contributed by atoms with E-state index >= 15 is 0 Å². The van der Waals surface area contributed by atoms with Crippen molar-refractivity contribution in [2.24, 2.45) is 0 Å². The zero-order chi connectivity index (χ0) is 22.6. The van der Waals surface area contributed by atoms with E-state index in [0.717, 1.165) is 76.1 Å². The summed E-state index contributed by atoms with van der Waals surface area (Å²) in [6.07, 6.45) is 8.53. The van der Waals surface area contributed by atoms with Crippen molar-refractivity contribution in [3.05, 3.63) is 58.7 Å². The summed E-state index contributed by atoms with van der Waals surface area (Å²) in [5.74, 6) is 1.98. The SMILES string of the molecule is COc1cccc(CCCCCOc2ccc(CNCCCO[PH](=O)O)c3c2CCC3)c1. The third kappa shape index (κ3) is 7.93. The minimum Gasteiger partial charge on any atom is -0.497 e. The number of fused-ring (bicyclic) bond motifs is 1. The third-order valence-electron chi connectivity index (χ3n) is 5.88. The van der Waals surface area contributed by atoms with Crippen LogP contribution < -0.4 is 14.8 Å². The Morgan fingerprint density at radius 1 is 1.03 bits per heavy atom. The Balaban J connectivity index is 1.37. The van der Waals surface area contributed by atoms with Crippen molar-refractivity contribution in [3.8, 4) is 11.5 Å². The highest BCUT2D eigenvalue weighted by Gasteiger charge is 2.19. The van der Waals surface area contributed by atoms with Gasteiger partial charge in [0.1, 0.15) is 11.5 Å². The Hall–Kier alpha value is -1.85. The van der Waals surface area contributed by atoms with Gasteiger partial charge in [0.15, 0.2) is 0 Å². The molecule has 0 bridgehead atoms. The molecule has 1 aliphatic carbocycles. The van der Waals surface area contributed by atoms with E-state index in [1.54, 1.807) is 7.11 Å². The van der Waals surface area contributed by atoms with E-state index in [-0.39, 0.29) is 0 Å². The first-order valence-corrected chi connectivity index (χ1v) is 12.9. The maximum absolute atomic E-state index is 10.5. The van der Waals surface area contributed by atoms with E-state index in [9.17, 15) is 4.57 Å². The molecule has 1 unspecified atom stereocenters. The van der Waals surface area contributed by atoms with Gasteiger partial charge in [-0.25, -0.2) is 0 Å². The normalized spacial score (nSPS) is 13.7. The third-order valence-corrected chi connectivity index (χ3v) is 6.33. The summed E-state index contributed by atoms with van der Waals surface area (Å²) in [6.45, 7) is 2.64. The fourth-order valence-corrected chi connectivity index (χ4v) is 4.57. The van der Waals surface area contributed by atoms with Gasteiger partial charge in [0, 0.05) is 6.54 Å². The summed E-state index contributed by atoms with van der Waals surface area (Å²) in [4.78, 5) is 8.68. The molecule has 2 aromatic carbocycles. The van der Waals surface area contributed by atoms with E-state index in [1.165, 1.54) is 28.7 Å². The minimum absolute atomic E-state index is 0.311. The standard InChI is InChI=1S/C25H36NO5P/c1-29-22-10-5-9-20(18-22)8-3-2-4-16-30-25-14-13-21(23-11-6-12-24(23)25)19-26-15-7-17-31-32(27)28/h5,9-10,13-14,18,26,32H,2-4,6-8,11-12,15-17,19H2,1H3,(H,27,28). The summed E-state index contributed by atoms with van der Waals surface area (Å²) in [5, 5.41) is 3.41. The monoisotopic (exact) mass is 461 g/mol. The zero-order valence-corrected chi connectivity index (χ0v) is 20.0. The molecule has 32 heavy (non-hydrogen) atoms. The van der Waals surface area contributed by atoms with Gasteiger partial charge in [-0.1, -0.05) is 18.2 Å². The van der Waals surface area contributed by atoms with Crippen molar-refractivity contribution < 1.29 is 23.5 Å². The number of unbranched alkanes of at least 4 members (excludes halogenated alkanes) is 2. The Labute approximate surface area is 192 Å². The molecule has 0 saturated carbocycles. The molecular weight excluding hydrogens is 425 g/mol. The van der Waals surface area contributed by atoms with Crippen LogP contribution in [0, 0.1) is 0 Å². The van der Waals surface area contributed by atoms with Crippen LogP contribution in [-0.2, 0) is 34.9 Å². The van der Waals surface area contributed by atoms with Crippen molar-refractivity contribution >= 4 is 8.25 Å². The van der Waals surface area contributed by atoms with Gasteiger partial charge in [-0.3, -0.25) is 4.57 Å². The molecule has 176 valence electrons. The number of hydrogen-bond donors (Lipinski definition) is 2. The summed E-state index contributed by atoms with van der Waals surface area (Å²) < 4.78 is 26.7. The van der Waals surface area contributed by atoms with Crippen LogP contribution in [0.25, 0.3) is 0 Å². The fourth-order valence-electron chi connectivity index (χ4n) is 4.25. The molecule has 1 aliphatic rings. The first kappa shape index (κ1) is 24.8. The average molecular weight is 462 g/mol. The molecular formula is C25H36NO5P. The summed E-state index contributed by atoms with van der Waals surface area (Å²) in [7, 11) is -1.10. The lowest BCUT2D eigenvalue weighted by Gasteiger charge is -2.15. The van der Waals surface area contributed by atoms with Crippen LogP contribution in [0.4, 0.5) is 0 Å². The maximum Gasteiger partial charge on any atom is 0.316 e. The average Bonchev–Trinajstić information content (AvgIpc) is 3.29. The second-order valence-corrected chi connectivity index (χ2v) is 9.01. The van der Waals surface area contributed by atoms with E-state index in [2.05, 4.69) is 29.6 Å². The minimum atomic E-state index is -2.81. The molecule has 7 heteroatoms. The Bertz CT molecular complexity index is 873. The Morgan fingerprint density at radius 3 is 2.75 bits per heavy atom. The van der Waals surface area contributed by atoms with E-state index in [4.69, 9.17) is 18.9 Å². The molecule has 2 N–H and O–H groups in total. The van der Waals surface area contributed by atoms with Gasteiger partial charge in [0.05, 0.1) is 20.3 Å². The highest BCUT2D eigenvalue weighted by atomic mass is 31.1. The number of aryl methyl sites for hydroxylation is 1. The second-order valence-electron chi connectivity index (χ2n) is 8.19. The number of ether oxygens (including phenoxy) is 2. The maximum atomic E-state index is 10.5.